The van der Waals surface area contributed by atoms with Crippen molar-refractivity contribution in [2.75, 3.05) is 11.1 Å². The Hall–Kier alpha value is -2.07. The first kappa shape index (κ1) is 12.4. The minimum atomic E-state index is -0.281. The third kappa shape index (κ3) is 2.78. The average Bonchev–Trinajstić information content (AvgIpc) is 2.28. The summed E-state index contributed by atoms with van der Waals surface area (Å²) in [5, 5.41) is 3.24. The molecule has 0 saturated heterocycles. The highest BCUT2D eigenvalue weighted by atomic mass is 35.5. The van der Waals surface area contributed by atoms with Crippen molar-refractivity contribution < 1.29 is 4.79 Å². The fraction of sp³-hybridized carbons (Fsp3) is 0.0769. The van der Waals surface area contributed by atoms with Crippen molar-refractivity contribution in [2.24, 2.45) is 0 Å². The Bertz CT molecular complexity index is 599. The third-order valence-corrected chi connectivity index (χ3v) is 2.63. The summed E-state index contributed by atoms with van der Waals surface area (Å²) in [6, 6.07) is 6.60. The summed E-state index contributed by atoms with van der Waals surface area (Å²) in [5.74, 6) is -0.281. The molecule has 3 N–H and O–H groups in total. The number of anilines is 2. The zero-order valence-electron chi connectivity index (χ0n) is 9.77. The number of pyridine rings is 1. The van der Waals surface area contributed by atoms with E-state index in [0.717, 1.165) is 5.56 Å². The van der Waals surface area contributed by atoms with Crippen molar-refractivity contribution in [3.63, 3.8) is 0 Å². The van der Waals surface area contributed by atoms with Crippen LogP contribution in [0.5, 0.6) is 0 Å². The van der Waals surface area contributed by atoms with E-state index < -0.39 is 0 Å². The monoisotopic (exact) mass is 261 g/mol. The number of nitrogens with zero attached hydrogens (tertiary/aromatic N) is 1. The Labute approximate surface area is 110 Å². The van der Waals surface area contributed by atoms with E-state index >= 15 is 0 Å². The van der Waals surface area contributed by atoms with Gasteiger partial charge in [0.2, 0.25) is 0 Å². The van der Waals surface area contributed by atoms with E-state index in [4.69, 9.17) is 17.3 Å². The van der Waals surface area contributed by atoms with Crippen LogP contribution in [0.15, 0.2) is 36.7 Å². The smallest absolute Gasteiger partial charge is 0.257 e. The quantitative estimate of drug-likeness (QED) is 0.817. The first-order valence-electron chi connectivity index (χ1n) is 5.34. The van der Waals surface area contributed by atoms with Gasteiger partial charge in [0.25, 0.3) is 5.91 Å². The second-order valence-electron chi connectivity index (χ2n) is 3.94. The molecule has 5 heteroatoms. The number of nitrogens with two attached hydrogens (primary N) is 1. The molecule has 1 aromatic carbocycles. The van der Waals surface area contributed by atoms with Crippen LogP contribution >= 0.6 is 11.6 Å². The van der Waals surface area contributed by atoms with Gasteiger partial charge in [-0.25, -0.2) is 0 Å². The van der Waals surface area contributed by atoms with Crippen molar-refractivity contribution >= 4 is 28.9 Å². The molecule has 4 nitrogen and oxygen atoms in total. The Morgan fingerprint density at radius 2 is 2.11 bits per heavy atom. The number of carbonyl (C=O) groups excluding carboxylic acids is 1. The first-order valence-corrected chi connectivity index (χ1v) is 5.72. The van der Waals surface area contributed by atoms with Crippen LogP contribution in [-0.2, 0) is 0 Å². The fourth-order valence-corrected chi connectivity index (χ4v) is 1.74. The predicted octanol–water partition coefficient (Wildman–Crippen LogP) is 2.88. The summed E-state index contributed by atoms with van der Waals surface area (Å²) >= 11 is 5.78. The number of halogens is 1. The van der Waals surface area contributed by atoms with Gasteiger partial charge in [-0.1, -0.05) is 11.6 Å². The van der Waals surface area contributed by atoms with Gasteiger partial charge in [-0.3, -0.25) is 9.78 Å². The van der Waals surface area contributed by atoms with Crippen LogP contribution in [0.3, 0.4) is 0 Å². The SMILES string of the molecule is Cc1cncc(NC(=O)c2ccc(Cl)cc2N)c1. The molecule has 0 atom stereocenters. The van der Waals surface area contributed by atoms with Gasteiger partial charge in [-0.15, -0.1) is 0 Å². The number of aryl methyl sites for hydroxylation is 1. The minimum absolute atomic E-state index is 0.281. The van der Waals surface area contributed by atoms with Gasteiger partial charge in [0.05, 0.1) is 17.4 Å². The molecule has 1 aromatic heterocycles. The Morgan fingerprint density at radius 1 is 1.33 bits per heavy atom. The van der Waals surface area contributed by atoms with Crippen molar-refractivity contribution in [2.45, 2.75) is 6.92 Å². The number of hydrogen-bond donors (Lipinski definition) is 2. The maximum atomic E-state index is 12.0. The Kier molecular flexibility index (Phi) is 3.48. The molecule has 0 aliphatic rings. The van der Waals surface area contributed by atoms with E-state index in [1.807, 2.05) is 13.0 Å². The molecule has 0 bridgehead atoms. The minimum Gasteiger partial charge on any atom is -0.398 e. The summed E-state index contributed by atoms with van der Waals surface area (Å²) in [6.45, 7) is 1.90. The summed E-state index contributed by atoms with van der Waals surface area (Å²) in [5.41, 5.74) is 8.09. The van der Waals surface area contributed by atoms with Crippen molar-refractivity contribution in [1.82, 2.24) is 4.98 Å². The number of nitrogens with one attached hydrogen (secondary N) is 1. The Morgan fingerprint density at radius 3 is 2.78 bits per heavy atom. The van der Waals surface area contributed by atoms with E-state index in [2.05, 4.69) is 10.3 Å². The fourth-order valence-electron chi connectivity index (χ4n) is 1.56. The van der Waals surface area contributed by atoms with Gasteiger partial charge in [0.1, 0.15) is 0 Å². The second kappa shape index (κ2) is 5.06. The standard InChI is InChI=1S/C13H12ClN3O/c1-8-4-10(7-16-6-8)17-13(18)11-3-2-9(14)5-12(11)15/h2-7H,15H2,1H3,(H,17,18). The molecule has 0 radical (unpaired) electrons. The summed E-state index contributed by atoms with van der Waals surface area (Å²) in [7, 11) is 0. The molecular weight excluding hydrogens is 250 g/mol. The van der Waals surface area contributed by atoms with Gasteiger partial charge < -0.3 is 11.1 Å². The largest absolute Gasteiger partial charge is 0.398 e. The zero-order chi connectivity index (χ0) is 13.1. The first-order chi connectivity index (χ1) is 8.56. The number of carbonyl (C=O) groups is 1. The number of aromatic nitrogens is 1. The maximum Gasteiger partial charge on any atom is 0.257 e. The Balaban J connectivity index is 2.22. The molecule has 0 aliphatic heterocycles. The number of rotatable bonds is 2. The molecule has 0 saturated carbocycles. The van der Waals surface area contributed by atoms with E-state index in [1.165, 1.54) is 0 Å². The summed E-state index contributed by atoms with van der Waals surface area (Å²) in [4.78, 5) is 16.0. The van der Waals surface area contributed by atoms with Crippen LogP contribution < -0.4 is 11.1 Å². The maximum absolute atomic E-state index is 12.0. The van der Waals surface area contributed by atoms with Crippen molar-refractivity contribution in [3.8, 4) is 0 Å². The van der Waals surface area contributed by atoms with Gasteiger partial charge in [-0.05, 0) is 36.8 Å². The molecule has 0 fully saturated rings. The van der Waals surface area contributed by atoms with Gasteiger partial charge >= 0.3 is 0 Å². The second-order valence-corrected chi connectivity index (χ2v) is 4.37. The number of hydrogen-bond acceptors (Lipinski definition) is 3. The number of nitrogen functional groups attached to an aromatic ring is 1. The van der Waals surface area contributed by atoms with E-state index in [-0.39, 0.29) is 5.91 Å². The molecule has 0 spiro atoms. The topological polar surface area (TPSA) is 68.0 Å². The highest BCUT2D eigenvalue weighted by molar-refractivity contribution is 6.31. The number of amides is 1. The summed E-state index contributed by atoms with van der Waals surface area (Å²) in [6.07, 6.45) is 3.29. The lowest BCUT2D eigenvalue weighted by Gasteiger charge is -2.07. The molecule has 18 heavy (non-hydrogen) atoms. The predicted molar refractivity (Wildman–Crippen MR) is 72.8 cm³/mol. The van der Waals surface area contributed by atoms with Gasteiger partial charge in [0.15, 0.2) is 0 Å². The third-order valence-electron chi connectivity index (χ3n) is 2.39. The van der Waals surface area contributed by atoms with E-state index in [0.29, 0.717) is 22.0 Å². The van der Waals surface area contributed by atoms with E-state index in [9.17, 15) is 4.79 Å². The van der Waals surface area contributed by atoms with E-state index in [1.54, 1.807) is 30.6 Å². The van der Waals surface area contributed by atoms with Crippen LogP contribution in [0.2, 0.25) is 5.02 Å². The van der Waals surface area contributed by atoms with Crippen LogP contribution in [0.4, 0.5) is 11.4 Å². The molecule has 92 valence electrons. The normalized spacial score (nSPS) is 10.1. The van der Waals surface area contributed by atoms with Crippen LogP contribution in [-0.4, -0.2) is 10.9 Å². The molecular formula is C13H12ClN3O. The zero-order valence-corrected chi connectivity index (χ0v) is 10.5. The van der Waals surface area contributed by atoms with Crippen LogP contribution in [0, 0.1) is 6.92 Å². The average molecular weight is 262 g/mol. The summed E-state index contributed by atoms with van der Waals surface area (Å²) < 4.78 is 0. The molecule has 0 unspecified atom stereocenters. The van der Waals surface area contributed by atoms with Gasteiger partial charge in [0, 0.05) is 16.9 Å². The molecule has 2 rings (SSSR count). The van der Waals surface area contributed by atoms with Crippen molar-refractivity contribution in [1.29, 1.82) is 0 Å². The van der Waals surface area contributed by atoms with Crippen molar-refractivity contribution in [3.05, 3.63) is 52.8 Å². The van der Waals surface area contributed by atoms with Gasteiger partial charge in [-0.2, -0.15) is 0 Å². The van der Waals surface area contributed by atoms with Crippen LogP contribution in [0.25, 0.3) is 0 Å². The lowest BCUT2D eigenvalue weighted by atomic mass is 10.1. The molecule has 1 heterocycles. The highest BCUT2D eigenvalue weighted by Crippen LogP contribution is 2.19. The van der Waals surface area contributed by atoms with Crippen LogP contribution in [0.1, 0.15) is 15.9 Å². The lowest BCUT2D eigenvalue weighted by Crippen LogP contribution is -2.14. The molecule has 2 aromatic rings. The molecule has 0 aliphatic carbocycles. The lowest BCUT2D eigenvalue weighted by molar-refractivity contribution is 0.102. The number of benzene rings is 1. The molecule has 1 amide bonds. The highest BCUT2D eigenvalue weighted by Gasteiger charge is 2.10.